The molecule has 0 saturated heterocycles. The summed E-state index contributed by atoms with van der Waals surface area (Å²) in [6.07, 6.45) is 7.02. The van der Waals surface area contributed by atoms with Gasteiger partial charge in [-0.25, -0.2) is 4.99 Å². The normalized spacial score (nSPS) is 12.5. The molecule has 5 nitrogen and oxygen atoms in total. The Morgan fingerprint density at radius 1 is 1.15 bits per heavy atom. The molecule has 146 valence electrons. The number of thioether (sulfide) groups is 1. The molecular weight excluding hydrogens is 344 g/mol. The van der Waals surface area contributed by atoms with Crippen molar-refractivity contribution in [3.05, 3.63) is 35.9 Å². The van der Waals surface area contributed by atoms with Crippen molar-refractivity contribution in [3.63, 3.8) is 0 Å². The minimum atomic E-state index is -0.00414. The van der Waals surface area contributed by atoms with Gasteiger partial charge in [-0.15, -0.1) is 0 Å². The van der Waals surface area contributed by atoms with Crippen LogP contribution in [0.3, 0.4) is 0 Å². The summed E-state index contributed by atoms with van der Waals surface area (Å²) in [5.74, 6) is 1.93. The van der Waals surface area contributed by atoms with Gasteiger partial charge in [0.05, 0.1) is 6.04 Å². The zero-order valence-corrected chi connectivity index (χ0v) is 17.4. The van der Waals surface area contributed by atoms with Crippen molar-refractivity contribution < 1.29 is 4.79 Å². The molecule has 0 fully saturated rings. The third-order valence-corrected chi connectivity index (χ3v) is 4.79. The largest absolute Gasteiger partial charge is 0.356 e. The Morgan fingerprint density at radius 3 is 2.50 bits per heavy atom. The minimum absolute atomic E-state index is 0.00414. The highest BCUT2D eigenvalue weighted by molar-refractivity contribution is 7.98. The molecule has 1 atom stereocenters. The highest BCUT2D eigenvalue weighted by atomic mass is 32.2. The van der Waals surface area contributed by atoms with Crippen LogP contribution in [0.25, 0.3) is 0 Å². The molecule has 6 heteroatoms. The van der Waals surface area contributed by atoms with Crippen LogP contribution in [0, 0.1) is 0 Å². The van der Waals surface area contributed by atoms with E-state index in [1.807, 2.05) is 30.0 Å². The van der Waals surface area contributed by atoms with Gasteiger partial charge < -0.3 is 15.5 Å². The summed E-state index contributed by atoms with van der Waals surface area (Å²) in [7, 11) is 3.50. The van der Waals surface area contributed by atoms with Crippen LogP contribution in [-0.4, -0.2) is 56.0 Å². The number of rotatable bonds is 11. The molecule has 1 aromatic rings. The summed E-state index contributed by atoms with van der Waals surface area (Å²) in [6.45, 7) is 3.11. The standard InChI is InChI=1S/C20H34N4OS/c1-17(18-12-8-7-9-13-18)23-20(22-16-19(25)24(2)3)21-14-10-5-6-11-15-26-4/h7-9,12-13,17H,5-6,10-11,14-16H2,1-4H3,(H2,21,22,23). The molecule has 0 aliphatic heterocycles. The van der Waals surface area contributed by atoms with E-state index >= 15 is 0 Å². The van der Waals surface area contributed by atoms with Gasteiger partial charge in [-0.05, 0) is 37.3 Å². The first kappa shape index (κ1) is 22.4. The summed E-state index contributed by atoms with van der Waals surface area (Å²) in [5, 5.41) is 6.77. The van der Waals surface area contributed by atoms with E-state index in [9.17, 15) is 4.79 Å². The second kappa shape index (κ2) is 13.5. The number of hydrogen-bond donors (Lipinski definition) is 2. The third-order valence-electron chi connectivity index (χ3n) is 4.09. The van der Waals surface area contributed by atoms with E-state index in [-0.39, 0.29) is 18.5 Å². The highest BCUT2D eigenvalue weighted by Gasteiger charge is 2.09. The number of nitrogens with zero attached hydrogens (tertiary/aromatic N) is 2. The fourth-order valence-corrected chi connectivity index (χ4v) is 2.90. The molecule has 1 unspecified atom stereocenters. The van der Waals surface area contributed by atoms with Crippen LogP contribution in [0.4, 0.5) is 0 Å². The molecule has 0 aliphatic carbocycles. The monoisotopic (exact) mass is 378 g/mol. The van der Waals surface area contributed by atoms with E-state index < -0.39 is 0 Å². The molecule has 0 heterocycles. The first-order valence-corrected chi connectivity index (χ1v) is 10.7. The number of aliphatic imine (C=N–C) groups is 1. The second-order valence-corrected chi connectivity index (χ2v) is 7.55. The van der Waals surface area contributed by atoms with Crippen LogP contribution in [0.15, 0.2) is 35.3 Å². The van der Waals surface area contributed by atoms with Gasteiger partial charge in [0.25, 0.3) is 0 Å². The van der Waals surface area contributed by atoms with Crippen LogP contribution in [0.5, 0.6) is 0 Å². The number of hydrogen-bond acceptors (Lipinski definition) is 3. The van der Waals surface area contributed by atoms with E-state index in [1.165, 1.54) is 30.6 Å². The van der Waals surface area contributed by atoms with Gasteiger partial charge >= 0.3 is 0 Å². The van der Waals surface area contributed by atoms with Crippen LogP contribution < -0.4 is 10.6 Å². The lowest BCUT2D eigenvalue weighted by Crippen LogP contribution is -2.40. The Balaban J connectivity index is 2.53. The van der Waals surface area contributed by atoms with Gasteiger partial charge in [-0.2, -0.15) is 11.8 Å². The topological polar surface area (TPSA) is 56.7 Å². The molecule has 2 N–H and O–H groups in total. The predicted molar refractivity (Wildman–Crippen MR) is 114 cm³/mol. The lowest BCUT2D eigenvalue weighted by molar-refractivity contribution is -0.127. The molecule has 0 spiro atoms. The van der Waals surface area contributed by atoms with E-state index in [0.717, 1.165) is 13.0 Å². The van der Waals surface area contributed by atoms with Crippen LogP contribution in [0.2, 0.25) is 0 Å². The Labute approximate surface area is 163 Å². The molecule has 0 bridgehead atoms. The predicted octanol–water partition coefficient (Wildman–Crippen LogP) is 3.29. The number of amides is 1. The maximum atomic E-state index is 11.8. The molecule has 1 amide bonds. The van der Waals surface area contributed by atoms with Crippen molar-refractivity contribution in [1.29, 1.82) is 0 Å². The van der Waals surface area contributed by atoms with Crippen molar-refractivity contribution in [2.75, 3.05) is 39.2 Å². The minimum Gasteiger partial charge on any atom is -0.356 e. The molecule has 1 aromatic carbocycles. The summed E-state index contributed by atoms with van der Waals surface area (Å²) >= 11 is 1.91. The van der Waals surface area contributed by atoms with Crippen molar-refractivity contribution in [3.8, 4) is 0 Å². The summed E-state index contributed by atoms with van der Waals surface area (Å²) in [5.41, 5.74) is 1.19. The zero-order chi connectivity index (χ0) is 19.2. The number of carbonyl (C=O) groups excluding carboxylic acids is 1. The Hall–Kier alpha value is -1.69. The van der Waals surface area contributed by atoms with Crippen LogP contribution >= 0.6 is 11.8 Å². The molecule has 1 rings (SSSR count). The van der Waals surface area contributed by atoms with E-state index in [0.29, 0.717) is 5.96 Å². The third kappa shape index (κ3) is 9.70. The van der Waals surface area contributed by atoms with E-state index in [4.69, 9.17) is 0 Å². The lowest BCUT2D eigenvalue weighted by Gasteiger charge is -2.19. The van der Waals surface area contributed by atoms with Crippen LogP contribution in [0.1, 0.15) is 44.2 Å². The van der Waals surface area contributed by atoms with Gasteiger partial charge in [-0.1, -0.05) is 43.2 Å². The van der Waals surface area contributed by atoms with Gasteiger partial charge in [0.1, 0.15) is 6.54 Å². The van der Waals surface area contributed by atoms with Gasteiger partial charge in [0.2, 0.25) is 5.91 Å². The van der Waals surface area contributed by atoms with Crippen molar-refractivity contribution in [2.45, 2.75) is 38.6 Å². The molecule has 0 radical (unpaired) electrons. The average molecular weight is 379 g/mol. The number of benzene rings is 1. The first-order valence-electron chi connectivity index (χ1n) is 9.33. The average Bonchev–Trinajstić information content (AvgIpc) is 2.65. The van der Waals surface area contributed by atoms with Gasteiger partial charge in [0.15, 0.2) is 5.96 Å². The first-order chi connectivity index (χ1) is 12.5. The van der Waals surface area contributed by atoms with E-state index in [2.05, 4.69) is 40.9 Å². The summed E-state index contributed by atoms with van der Waals surface area (Å²) in [6, 6.07) is 10.4. The molecule has 0 saturated carbocycles. The second-order valence-electron chi connectivity index (χ2n) is 6.56. The Kier molecular flexibility index (Phi) is 11.6. The van der Waals surface area contributed by atoms with Crippen LogP contribution in [-0.2, 0) is 4.79 Å². The quantitative estimate of drug-likeness (QED) is 0.352. The Bertz CT molecular complexity index is 534. The van der Waals surface area contributed by atoms with E-state index in [1.54, 1.807) is 19.0 Å². The Morgan fingerprint density at radius 2 is 1.85 bits per heavy atom. The molecular formula is C20H34N4OS. The van der Waals surface area contributed by atoms with Crippen molar-refractivity contribution in [1.82, 2.24) is 15.5 Å². The molecule has 0 aromatic heterocycles. The fraction of sp³-hybridized carbons (Fsp3) is 0.600. The van der Waals surface area contributed by atoms with Gasteiger partial charge in [-0.3, -0.25) is 4.79 Å². The zero-order valence-electron chi connectivity index (χ0n) is 16.6. The number of unbranched alkanes of at least 4 members (excludes halogenated alkanes) is 3. The number of carbonyl (C=O) groups is 1. The fourth-order valence-electron chi connectivity index (χ4n) is 2.40. The van der Waals surface area contributed by atoms with Gasteiger partial charge in [0, 0.05) is 20.6 Å². The number of likely N-dealkylation sites (N-methyl/N-ethyl adjacent to an activating group) is 1. The highest BCUT2D eigenvalue weighted by Crippen LogP contribution is 2.10. The number of nitrogens with one attached hydrogen (secondary N) is 2. The summed E-state index contributed by atoms with van der Waals surface area (Å²) in [4.78, 5) is 17.9. The SMILES string of the molecule is CSCCCCCCNC(=NCC(=O)N(C)C)NC(C)c1ccccc1. The van der Waals surface area contributed by atoms with Crippen molar-refractivity contribution >= 4 is 23.6 Å². The lowest BCUT2D eigenvalue weighted by atomic mass is 10.1. The molecule has 26 heavy (non-hydrogen) atoms. The maximum absolute atomic E-state index is 11.8. The molecule has 0 aliphatic rings. The number of guanidine groups is 1. The van der Waals surface area contributed by atoms with Crippen molar-refractivity contribution in [2.24, 2.45) is 4.99 Å². The smallest absolute Gasteiger partial charge is 0.243 e. The maximum Gasteiger partial charge on any atom is 0.243 e. The summed E-state index contributed by atoms with van der Waals surface area (Å²) < 4.78 is 0.